The first kappa shape index (κ1) is 25.5. The number of halogens is 2. The van der Waals surface area contributed by atoms with Crippen LogP contribution in [-0.2, 0) is 40.8 Å². The van der Waals surface area contributed by atoms with Gasteiger partial charge in [0.2, 0.25) is 5.60 Å². The molecule has 0 bridgehead atoms. The van der Waals surface area contributed by atoms with Crippen LogP contribution in [0, 0.1) is 0 Å². The number of ether oxygens (including phenoxy) is 2. The summed E-state index contributed by atoms with van der Waals surface area (Å²) < 4.78 is 14.2. The van der Waals surface area contributed by atoms with Crippen LogP contribution in [0.15, 0.2) is 43.0 Å². The molecule has 3 aromatic rings. The molecule has 2 aromatic heterocycles. The Balaban J connectivity index is 0.00000225. The van der Waals surface area contributed by atoms with Crippen molar-refractivity contribution in [3.05, 3.63) is 60.2 Å². The van der Waals surface area contributed by atoms with Crippen LogP contribution in [0.25, 0.3) is 0 Å². The minimum Gasteiger partial charge on any atom is -1.00 e. The average molecular weight is 594 g/mol. The number of methoxy groups -OCH3 is 2. The molecule has 0 fully saturated rings. The van der Waals surface area contributed by atoms with E-state index in [2.05, 4.69) is 9.97 Å². The Morgan fingerprint density at radius 1 is 0.852 bits per heavy atom. The van der Waals surface area contributed by atoms with Gasteiger partial charge in [0.05, 0.1) is 14.2 Å². The SMILES string of the molecule is COc1cc(OC)cc(C(O)(c2nccn2C)c2nccn2C)c1.[Cl-].[Cl-].[Pt+2]. The van der Waals surface area contributed by atoms with Gasteiger partial charge in [-0.3, -0.25) is 0 Å². The molecule has 2 heterocycles. The zero-order valence-corrected chi connectivity index (χ0v) is 19.0. The number of imidazole rings is 2. The van der Waals surface area contributed by atoms with Gasteiger partial charge in [0.15, 0.2) is 11.6 Å². The Labute approximate surface area is 184 Å². The fraction of sp³-hybridized carbons (Fsp3) is 0.294. The molecule has 0 saturated carbocycles. The summed E-state index contributed by atoms with van der Waals surface area (Å²) in [7, 11) is 6.79. The molecule has 10 heteroatoms. The first-order chi connectivity index (χ1) is 11.5. The number of benzene rings is 1. The van der Waals surface area contributed by atoms with E-state index < -0.39 is 5.60 Å². The summed E-state index contributed by atoms with van der Waals surface area (Å²) in [6.45, 7) is 0. The van der Waals surface area contributed by atoms with E-state index in [0.717, 1.165) is 0 Å². The van der Waals surface area contributed by atoms with Crippen LogP contribution in [0.3, 0.4) is 0 Å². The molecule has 0 unspecified atom stereocenters. The monoisotopic (exact) mass is 593 g/mol. The van der Waals surface area contributed by atoms with E-state index in [4.69, 9.17) is 9.47 Å². The Hall–Kier alpha value is -1.53. The van der Waals surface area contributed by atoms with Gasteiger partial charge in [-0.15, -0.1) is 0 Å². The van der Waals surface area contributed by atoms with E-state index in [1.165, 1.54) is 0 Å². The van der Waals surface area contributed by atoms with Crippen molar-refractivity contribution in [1.29, 1.82) is 0 Å². The molecule has 0 amide bonds. The second-order valence-electron chi connectivity index (χ2n) is 5.54. The van der Waals surface area contributed by atoms with Crippen molar-refractivity contribution in [1.82, 2.24) is 19.1 Å². The van der Waals surface area contributed by atoms with Crippen LogP contribution in [0.1, 0.15) is 17.2 Å². The van der Waals surface area contributed by atoms with Gasteiger partial charge in [0, 0.05) is 50.5 Å². The van der Waals surface area contributed by atoms with E-state index in [-0.39, 0.29) is 45.9 Å². The summed E-state index contributed by atoms with van der Waals surface area (Å²) in [6.07, 6.45) is 6.84. The van der Waals surface area contributed by atoms with Crippen molar-refractivity contribution in [3.63, 3.8) is 0 Å². The van der Waals surface area contributed by atoms with Crippen LogP contribution in [0.2, 0.25) is 0 Å². The minimum atomic E-state index is -1.56. The standard InChI is InChI=1S/C17H20N4O3.2ClH.Pt/c1-20-7-5-18-15(20)17(22,16-19-6-8-21(16)2)12-9-13(23-3)11-14(10-12)24-4;;;/h5-11,22H,1-4H3;2*1H;/q;;;+2/p-2. The van der Waals surface area contributed by atoms with Crippen LogP contribution in [-0.4, -0.2) is 38.4 Å². The zero-order valence-electron chi connectivity index (χ0n) is 15.2. The second-order valence-corrected chi connectivity index (χ2v) is 5.54. The van der Waals surface area contributed by atoms with Gasteiger partial charge in [0.25, 0.3) is 0 Å². The first-order valence-electron chi connectivity index (χ1n) is 7.42. The molecular weight excluding hydrogens is 574 g/mol. The average Bonchev–Trinajstić information content (AvgIpc) is 3.22. The van der Waals surface area contributed by atoms with Crippen LogP contribution >= 0.6 is 0 Å². The number of nitrogens with zero attached hydrogens (tertiary/aromatic N) is 4. The third-order valence-electron chi connectivity index (χ3n) is 4.06. The molecule has 0 spiro atoms. The normalized spacial score (nSPS) is 10.3. The van der Waals surface area contributed by atoms with Gasteiger partial charge >= 0.3 is 21.1 Å². The van der Waals surface area contributed by atoms with Gasteiger partial charge in [-0.1, -0.05) is 0 Å². The molecule has 27 heavy (non-hydrogen) atoms. The minimum absolute atomic E-state index is 0. The topological polar surface area (TPSA) is 74.3 Å². The molecule has 1 N–H and O–H groups in total. The van der Waals surface area contributed by atoms with Gasteiger partial charge in [0.1, 0.15) is 11.5 Å². The molecule has 3 rings (SSSR count). The number of hydrogen-bond donors (Lipinski definition) is 1. The fourth-order valence-electron chi connectivity index (χ4n) is 2.80. The largest absolute Gasteiger partial charge is 2.00 e. The summed E-state index contributed by atoms with van der Waals surface area (Å²) in [5.41, 5.74) is -1.000. The molecule has 0 radical (unpaired) electrons. The number of rotatable bonds is 5. The Morgan fingerprint density at radius 3 is 1.56 bits per heavy atom. The first-order valence-corrected chi connectivity index (χ1v) is 7.42. The van der Waals surface area contributed by atoms with Gasteiger partial charge in [-0.05, 0) is 12.1 Å². The van der Waals surface area contributed by atoms with Gasteiger partial charge < -0.3 is 48.5 Å². The van der Waals surface area contributed by atoms with Crippen LogP contribution < -0.4 is 34.3 Å². The maximum absolute atomic E-state index is 11.7. The van der Waals surface area contributed by atoms with Crippen molar-refractivity contribution in [2.24, 2.45) is 14.1 Å². The predicted octanol–water partition coefficient (Wildman–Crippen LogP) is -4.54. The summed E-state index contributed by atoms with van der Waals surface area (Å²) in [5.74, 6) is 2.05. The number of aryl methyl sites for hydroxylation is 2. The Kier molecular flexibility index (Phi) is 9.56. The molecule has 0 aliphatic rings. The quantitative estimate of drug-likeness (QED) is 0.323. The Morgan fingerprint density at radius 2 is 1.26 bits per heavy atom. The van der Waals surface area contributed by atoms with Crippen molar-refractivity contribution in [2.75, 3.05) is 14.2 Å². The number of hydrogen-bond acceptors (Lipinski definition) is 5. The van der Waals surface area contributed by atoms with Crippen molar-refractivity contribution in [2.45, 2.75) is 5.60 Å². The summed E-state index contributed by atoms with van der Waals surface area (Å²) >= 11 is 0. The zero-order chi connectivity index (χ0) is 17.3. The number of aliphatic hydroxyl groups is 1. The maximum Gasteiger partial charge on any atom is 2.00 e. The molecule has 150 valence electrons. The third kappa shape index (κ3) is 4.49. The summed E-state index contributed by atoms with van der Waals surface area (Å²) in [6, 6.07) is 5.26. The molecule has 0 aliphatic heterocycles. The predicted molar refractivity (Wildman–Crippen MR) is 88.1 cm³/mol. The van der Waals surface area contributed by atoms with Crippen molar-refractivity contribution in [3.8, 4) is 11.5 Å². The van der Waals surface area contributed by atoms with Crippen molar-refractivity contribution < 1.29 is 60.5 Å². The van der Waals surface area contributed by atoms with Crippen LogP contribution in [0.5, 0.6) is 11.5 Å². The van der Waals surface area contributed by atoms with E-state index in [1.54, 1.807) is 66.3 Å². The number of aromatic nitrogens is 4. The molecule has 0 aliphatic carbocycles. The molecule has 7 nitrogen and oxygen atoms in total. The second kappa shape index (κ2) is 10.1. The smallest absolute Gasteiger partial charge is 1.00 e. The fourth-order valence-corrected chi connectivity index (χ4v) is 2.80. The van der Waals surface area contributed by atoms with Crippen LogP contribution in [0.4, 0.5) is 0 Å². The van der Waals surface area contributed by atoms with Crippen molar-refractivity contribution >= 4 is 0 Å². The van der Waals surface area contributed by atoms with Gasteiger partial charge in [-0.2, -0.15) is 0 Å². The molecular formula is C17H20Cl2N4O3Pt. The van der Waals surface area contributed by atoms with E-state index >= 15 is 0 Å². The molecule has 0 saturated heterocycles. The van der Waals surface area contributed by atoms with Gasteiger partial charge in [-0.25, -0.2) is 9.97 Å². The summed E-state index contributed by atoms with van der Waals surface area (Å²) in [4.78, 5) is 8.70. The molecule has 1 aromatic carbocycles. The molecule has 0 atom stereocenters. The van der Waals surface area contributed by atoms with E-state index in [0.29, 0.717) is 28.7 Å². The Bertz CT molecular complexity index is 807. The maximum atomic E-state index is 11.7. The third-order valence-corrected chi connectivity index (χ3v) is 4.06. The van der Waals surface area contributed by atoms with E-state index in [1.807, 2.05) is 14.1 Å². The van der Waals surface area contributed by atoms with E-state index in [9.17, 15) is 5.11 Å². The summed E-state index contributed by atoms with van der Waals surface area (Å²) in [5, 5.41) is 11.7.